The van der Waals surface area contributed by atoms with Gasteiger partial charge in [-0.1, -0.05) is 0 Å². The smallest absolute Gasteiger partial charge is 0.341 e. The molecule has 1 atom stereocenters. The summed E-state index contributed by atoms with van der Waals surface area (Å²) in [7, 11) is 0. The topological polar surface area (TPSA) is 129 Å². The van der Waals surface area contributed by atoms with E-state index in [1.807, 2.05) is 17.6 Å². The molecule has 1 aromatic carbocycles. The van der Waals surface area contributed by atoms with Crippen LogP contribution in [0, 0.1) is 0 Å². The molecular formula is C26H23N5O5. The Kier molecular flexibility index (Phi) is 4.92. The highest BCUT2D eigenvalue weighted by atomic mass is 16.4. The molecule has 1 fully saturated rings. The van der Waals surface area contributed by atoms with Crippen molar-refractivity contribution in [2.45, 2.75) is 19.4 Å². The molecule has 36 heavy (non-hydrogen) atoms. The molecule has 4 aromatic rings. The number of benzene rings is 1. The maximum atomic E-state index is 13.2. The molecule has 0 aliphatic carbocycles. The van der Waals surface area contributed by atoms with Gasteiger partial charge in [0.15, 0.2) is 5.75 Å². The van der Waals surface area contributed by atoms with Crippen molar-refractivity contribution in [3.05, 3.63) is 69.8 Å². The second-order valence-electron chi connectivity index (χ2n) is 9.27. The van der Waals surface area contributed by atoms with Crippen molar-refractivity contribution in [3.8, 4) is 5.75 Å². The van der Waals surface area contributed by atoms with E-state index in [0.29, 0.717) is 49.0 Å². The van der Waals surface area contributed by atoms with Gasteiger partial charge in [0.25, 0.3) is 5.91 Å². The quantitative estimate of drug-likeness (QED) is 0.453. The fraction of sp³-hybridized carbons (Fsp3) is 0.269. The number of carbonyl (C=O) groups is 2. The van der Waals surface area contributed by atoms with Crippen molar-refractivity contribution in [2.24, 2.45) is 0 Å². The molecule has 1 unspecified atom stereocenters. The van der Waals surface area contributed by atoms with Crippen molar-refractivity contribution in [2.75, 3.05) is 31.1 Å². The van der Waals surface area contributed by atoms with E-state index in [1.54, 1.807) is 29.3 Å². The van der Waals surface area contributed by atoms with Gasteiger partial charge in [-0.05, 0) is 37.6 Å². The zero-order valence-corrected chi connectivity index (χ0v) is 19.5. The zero-order valence-electron chi connectivity index (χ0n) is 19.5. The molecule has 10 heteroatoms. The Hall–Kier alpha value is -4.47. The lowest BCUT2D eigenvalue weighted by atomic mass is 10.0. The van der Waals surface area contributed by atoms with Crippen LogP contribution in [0.3, 0.4) is 0 Å². The van der Waals surface area contributed by atoms with Gasteiger partial charge in [0, 0.05) is 67.4 Å². The highest BCUT2D eigenvalue weighted by molar-refractivity contribution is 6.01. The molecule has 3 aromatic heterocycles. The number of hydrogen-bond acceptors (Lipinski definition) is 7. The molecule has 1 amide bonds. The zero-order chi connectivity index (χ0) is 25.1. The summed E-state index contributed by atoms with van der Waals surface area (Å²) in [5.74, 6) is -1.68. The molecule has 2 N–H and O–H groups in total. The van der Waals surface area contributed by atoms with Crippen LogP contribution in [0.4, 0.5) is 5.69 Å². The van der Waals surface area contributed by atoms with Crippen LogP contribution in [0.2, 0.25) is 0 Å². The Balaban J connectivity index is 1.28. The number of carbonyl (C=O) groups excluding carboxylic acids is 1. The Morgan fingerprint density at radius 1 is 1.06 bits per heavy atom. The van der Waals surface area contributed by atoms with Crippen LogP contribution in [0.5, 0.6) is 5.75 Å². The molecule has 2 aliphatic rings. The van der Waals surface area contributed by atoms with E-state index in [4.69, 9.17) is 0 Å². The van der Waals surface area contributed by atoms with Gasteiger partial charge in [-0.25, -0.2) is 4.79 Å². The minimum Gasteiger partial charge on any atom is -0.505 e. The van der Waals surface area contributed by atoms with Crippen molar-refractivity contribution in [1.29, 1.82) is 0 Å². The molecule has 0 saturated carbocycles. The molecule has 182 valence electrons. The SMILES string of the molecule is CC1Cc2c(N3CCN(C(=O)c4cnc5cccnc5c4O)CC3)ccc3c(=O)c(C(=O)O)cn1c23. The summed E-state index contributed by atoms with van der Waals surface area (Å²) >= 11 is 0. The minimum absolute atomic E-state index is 0.0298. The van der Waals surface area contributed by atoms with E-state index < -0.39 is 11.4 Å². The Labute approximate surface area is 205 Å². The number of anilines is 1. The first-order valence-corrected chi connectivity index (χ1v) is 11.8. The van der Waals surface area contributed by atoms with Crippen LogP contribution in [0.25, 0.3) is 21.9 Å². The van der Waals surface area contributed by atoms with Gasteiger partial charge in [0.05, 0.1) is 11.0 Å². The number of fused-ring (bicyclic) bond motifs is 1. The van der Waals surface area contributed by atoms with E-state index in [1.165, 1.54) is 12.4 Å². The number of aromatic hydroxyl groups is 1. The summed E-state index contributed by atoms with van der Waals surface area (Å²) in [6, 6.07) is 7.07. The summed E-state index contributed by atoms with van der Waals surface area (Å²) in [5, 5.41) is 20.5. The fourth-order valence-corrected chi connectivity index (χ4v) is 5.39. The lowest BCUT2D eigenvalue weighted by Crippen LogP contribution is -2.49. The van der Waals surface area contributed by atoms with Crippen LogP contribution in [-0.2, 0) is 6.42 Å². The second kappa shape index (κ2) is 8.04. The maximum absolute atomic E-state index is 13.2. The predicted octanol–water partition coefficient (Wildman–Crippen LogP) is 2.43. The lowest BCUT2D eigenvalue weighted by Gasteiger charge is -2.37. The third-order valence-corrected chi connectivity index (χ3v) is 7.22. The average molecular weight is 486 g/mol. The van der Waals surface area contributed by atoms with E-state index in [2.05, 4.69) is 14.9 Å². The minimum atomic E-state index is -1.22. The van der Waals surface area contributed by atoms with Crippen molar-refractivity contribution in [1.82, 2.24) is 19.4 Å². The first-order valence-electron chi connectivity index (χ1n) is 11.8. The van der Waals surface area contributed by atoms with Crippen LogP contribution in [0.1, 0.15) is 39.2 Å². The normalized spacial score (nSPS) is 17.2. The van der Waals surface area contributed by atoms with Gasteiger partial charge < -0.3 is 24.6 Å². The van der Waals surface area contributed by atoms with E-state index >= 15 is 0 Å². The summed E-state index contributed by atoms with van der Waals surface area (Å²) in [6.45, 7) is 4.08. The highest BCUT2D eigenvalue weighted by Gasteiger charge is 2.31. The van der Waals surface area contributed by atoms with Crippen LogP contribution >= 0.6 is 0 Å². The molecule has 2 aliphatic heterocycles. The van der Waals surface area contributed by atoms with Crippen LogP contribution in [-0.4, -0.2) is 67.7 Å². The number of aromatic carboxylic acids is 1. The predicted molar refractivity (Wildman–Crippen MR) is 133 cm³/mol. The number of amides is 1. The lowest BCUT2D eigenvalue weighted by molar-refractivity contribution is 0.0693. The molecular weight excluding hydrogens is 462 g/mol. The number of pyridine rings is 3. The van der Waals surface area contributed by atoms with E-state index in [-0.39, 0.29) is 28.8 Å². The van der Waals surface area contributed by atoms with Gasteiger partial charge in [-0.3, -0.25) is 19.6 Å². The Bertz CT molecular complexity index is 1640. The number of hydrogen-bond donors (Lipinski definition) is 2. The third-order valence-electron chi connectivity index (χ3n) is 7.22. The van der Waals surface area contributed by atoms with E-state index in [9.17, 15) is 24.6 Å². The Morgan fingerprint density at radius 2 is 1.83 bits per heavy atom. The fourth-order valence-electron chi connectivity index (χ4n) is 5.39. The van der Waals surface area contributed by atoms with Crippen LogP contribution in [0.15, 0.2) is 47.7 Å². The monoisotopic (exact) mass is 485 g/mol. The summed E-state index contributed by atoms with van der Waals surface area (Å²) in [6.07, 6.45) is 5.09. The number of rotatable bonds is 3. The molecule has 0 spiro atoms. The second-order valence-corrected chi connectivity index (χ2v) is 9.27. The van der Waals surface area contributed by atoms with Gasteiger partial charge in [0.1, 0.15) is 16.6 Å². The molecule has 0 bridgehead atoms. The first-order chi connectivity index (χ1) is 17.3. The summed E-state index contributed by atoms with van der Waals surface area (Å²) in [4.78, 5) is 49.8. The number of carboxylic acids is 1. The molecule has 1 saturated heterocycles. The number of nitrogens with zero attached hydrogens (tertiary/aromatic N) is 5. The number of aromatic nitrogens is 3. The standard InChI is InChI=1S/C26H23N5O5/c1-14-11-16-20(5-4-15-22(16)31(14)13-18(23(15)32)26(35)36)29-7-9-30(10-8-29)25(34)17-12-28-19-3-2-6-27-21(19)24(17)33/h2-6,12-14H,7-11H2,1H3,(H,28,33)(H,35,36). The van der Waals surface area contributed by atoms with Crippen molar-refractivity contribution in [3.63, 3.8) is 0 Å². The Morgan fingerprint density at radius 3 is 2.58 bits per heavy atom. The van der Waals surface area contributed by atoms with Gasteiger partial charge >= 0.3 is 5.97 Å². The molecule has 10 nitrogen and oxygen atoms in total. The van der Waals surface area contributed by atoms with Gasteiger partial charge in [-0.2, -0.15) is 0 Å². The van der Waals surface area contributed by atoms with Gasteiger partial charge in [-0.15, -0.1) is 0 Å². The molecule has 6 rings (SSSR count). The maximum Gasteiger partial charge on any atom is 0.341 e. The third kappa shape index (κ3) is 3.21. The number of carboxylic acid groups (broad SMARTS) is 1. The van der Waals surface area contributed by atoms with E-state index in [0.717, 1.165) is 16.8 Å². The summed E-state index contributed by atoms with van der Waals surface area (Å²) < 4.78 is 1.89. The molecule has 0 radical (unpaired) electrons. The summed E-state index contributed by atoms with van der Waals surface area (Å²) in [5.41, 5.74) is 3.07. The van der Waals surface area contributed by atoms with Crippen molar-refractivity contribution < 1.29 is 19.8 Å². The van der Waals surface area contributed by atoms with Gasteiger partial charge in [0.2, 0.25) is 5.43 Å². The van der Waals surface area contributed by atoms with Crippen LogP contribution < -0.4 is 10.3 Å². The highest BCUT2D eigenvalue weighted by Crippen LogP contribution is 2.38. The molecule has 5 heterocycles. The largest absolute Gasteiger partial charge is 0.505 e. The van der Waals surface area contributed by atoms with Crippen molar-refractivity contribution >= 4 is 39.5 Å². The number of piperazine rings is 1. The first kappa shape index (κ1) is 22.0. The average Bonchev–Trinajstić information content (AvgIpc) is 3.22.